The third-order valence-corrected chi connectivity index (χ3v) is 6.66. The largest absolute Gasteiger partial charge is 0.445 e. The summed E-state index contributed by atoms with van der Waals surface area (Å²) in [5.74, 6) is 0.996. The highest BCUT2D eigenvalue weighted by molar-refractivity contribution is 5.87. The van der Waals surface area contributed by atoms with Crippen LogP contribution >= 0.6 is 0 Å². The number of hydrogen-bond acceptors (Lipinski definition) is 7. The molecule has 2 amide bonds. The molecule has 0 bridgehead atoms. The van der Waals surface area contributed by atoms with E-state index in [1.54, 1.807) is 6.20 Å². The first-order valence-electron chi connectivity index (χ1n) is 12.6. The highest BCUT2D eigenvalue weighted by Crippen LogP contribution is 2.34. The number of methoxy groups -OCH3 is 1. The van der Waals surface area contributed by atoms with E-state index in [-0.39, 0.29) is 24.5 Å². The van der Waals surface area contributed by atoms with E-state index in [2.05, 4.69) is 9.38 Å². The second-order valence-corrected chi connectivity index (χ2v) is 9.32. The van der Waals surface area contributed by atoms with Gasteiger partial charge in [0.05, 0.1) is 29.7 Å². The van der Waals surface area contributed by atoms with Gasteiger partial charge >= 0.3 is 6.09 Å². The highest BCUT2D eigenvalue weighted by Gasteiger charge is 2.31. The summed E-state index contributed by atoms with van der Waals surface area (Å²) in [5.41, 5.74) is 4.03. The van der Waals surface area contributed by atoms with Crippen LogP contribution in [0.15, 0.2) is 36.7 Å². The third kappa shape index (κ3) is 5.60. The molecule has 3 heterocycles. The maximum absolute atomic E-state index is 12.6. The van der Waals surface area contributed by atoms with Gasteiger partial charge in [-0.1, -0.05) is 25.5 Å². The van der Waals surface area contributed by atoms with E-state index in [9.17, 15) is 9.59 Å². The molecule has 2 atom stereocenters. The van der Waals surface area contributed by atoms with E-state index >= 15 is 0 Å². The van der Waals surface area contributed by atoms with Crippen LogP contribution in [0, 0.1) is 6.92 Å². The van der Waals surface area contributed by atoms with Crippen molar-refractivity contribution < 1.29 is 23.9 Å². The van der Waals surface area contributed by atoms with Gasteiger partial charge in [0.1, 0.15) is 18.5 Å². The third-order valence-electron chi connectivity index (χ3n) is 6.66. The number of aromatic nitrogens is 3. The predicted molar refractivity (Wildman–Crippen MR) is 139 cm³/mol. The summed E-state index contributed by atoms with van der Waals surface area (Å²) in [7, 11) is 2.97. The number of anilines is 1. The molecule has 0 aliphatic carbocycles. The lowest BCUT2D eigenvalue weighted by atomic mass is 10.1. The molecular weight excluding hydrogens is 474 g/mol. The zero-order valence-corrected chi connectivity index (χ0v) is 22.1. The molecule has 1 saturated heterocycles. The minimum atomic E-state index is -0.556. The average molecular weight is 510 g/mol. The van der Waals surface area contributed by atoms with Crippen molar-refractivity contribution in [3.05, 3.63) is 48.2 Å². The zero-order chi connectivity index (χ0) is 26.5. The molecule has 1 aromatic carbocycles. The van der Waals surface area contributed by atoms with E-state index in [0.717, 1.165) is 52.6 Å². The molecule has 1 aliphatic rings. The second-order valence-electron chi connectivity index (χ2n) is 9.32. The van der Waals surface area contributed by atoms with Crippen LogP contribution in [-0.4, -0.2) is 71.3 Å². The normalized spacial score (nSPS) is 16.2. The number of carbonyl (C=O) groups excluding carboxylic acids is 2. The minimum Gasteiger partial charge on any atom is -0.445 e. The molecule has 3 aromatic rings. The molecule has 1 aliphatic heterocycles. The highest BCUT2D eigenvalue weighted by atomic mass is 16.7. The lowest BCUT2D eigenvalue weighted by molar-refractivity contribution is -0.134. The fourth-order valence-electron chi connectivity index (χ4n) is 4.85. The zero-order valence-electron chi connectivity index (χ0n) is 22.1. The quantitative estimate of drug-likeness (QED) is 0.395. The molecule has 1 fully saturated rings. The molecule has 2 aromatic heterocycles. The van der Waals surface area contributed by atoms with Crippen molar-refractivity contribution in [1.82, 2.24) is 19.3 Å². The number of carbonyl (C=O) groups is 2. The molecule has 10 nitrogen and oxygen atoms in total. The Bertz CT molecular complexity index is 1240. The fraction of sp³-hybridized carbons (Fsp3) is 0.481. The van der Waals surface area contributed by atoms with Gasteiger partial charge in [-0.25, -0.2) is 9.78 Å². The van der Waals surface area contributed by atoms with Gasteiger partial charge in [-0.15, -0.1) is 0 Å². The summed E-state index contributed by atoms with van der Waals surface area (Å²) in [5, 5.41) is 1.14. The Labute approximate surface area is 217 Å². The van der Waals surface area contributed by atoms with Crippen molar-refractivity contribution in [3.8, 4) is 11.3 Å². The molecule has 0 saturated carbocycles. The molecule has 2 unspecified atom stereocenters. The SMILES string of the molecule is CCCC(C)OC(=O)N(OC)c1ccc(-c2nc(C3CCN(C(=O)COC)C3)n3ccnc(C)c23)cc1. The summed E-state index contributed by atoms with van der Waals surface area (Å²) in [4.78, 5) is 41.6. The Kier molecular flexibility index (Phi) is 8.40. The number of hydroxylamine groups is 1. The molecule has 0 N–H and O–H groups in total. The summed E-state index contributed by atoms with van der Waals surface area (Å²) < 4.78 is 12.6. The van der Waals surface area contributed by atoms with Crippen LogP contribution in [0.4, 0.5) is 10.5 Å². The van der Waals surface area contributed by atoms with E-state index in [1.165, 1.54) is 14.2 Å². The monoisotopic (exact) mass is 509 g/mol. The number of nitrogens with zero attached hydrogens (tertiary/aromatic N) is 5. The van der Waals surface area contributed by atoms with Crippen molar-refractivity contribution in [2.45, 2.75) is 52.1 Å². The van der Waals surface area contributed by atoms with Crippen LogP contribution in [0.1, 0.15) is 50.5 Å². The van der Waals surface area contributed by atoms with E-state index in [1.807, 2.05) is 56.1 Å². The van der Waals surface area contributed by atoms with E-state index in [4.69, 9.17) is 19.3 Å². The number of benzene rings is 1. The molecule has 0 radical (unpaired) electrons. The fourth-order valence-corrected chi connectivity index (χ4v) is 4.85. The van der Waals surface area contributed by atoms with E-state index in [0.29, 0.717) is 18.8 Å². The number of rotatable bonds is 9. The molecule has 4 rings (SSSR count). The number of aryl methyl sites for hydroxylation is 1. The van der Waals surface area contributed by atoms with Crippen molar-refractivity contribution in [2.24, 2.45) is 0 Å². The summed E-state index contributed by atoms with van der Waals surface area (Å²) in [6.07, 6.45) is 5.47. The number of ether oxygens (including phenoxy) is 2. The van der Waals surface area contributed by atoms with Crippen LogP contribution in [0.3, 0.4) is 0 Å². The van der Waals surface area contributed by atoms with Crippen LogP contribution in [0.5, 0.6) is 0 Å². The topological polar surface area (TPSA) is 98.5 Å². The van der Waals surface area contributed by atoms with Crippen molar-refractivity contribution in [1.29, 1.82) is 0 Å². The number of amides is 2. The van der Waals surface area contributed by atoms with Crippen LogP contribution < -0.4 is 5.06 Å². The maximum atomic E-state index is 12.6. The lowest BCUT2D eigenvalue weighted by Crippen LogP contribution is -2.32. The average Bonchev–Trinajstić information content (AvgIpc) is 3.51. The number of fused-ring (bicyclic) bond motifs is 1. The standard InChI is InChI=1S/C27H35N5O5/c1-6-7-18(2)37-27(34)32(36-5)22-10-8-20(9-11-22)24-25-19(3)28-13-15-31(25)26(29-24)21-12-14-30(16-21)23(33)17-35-4/h8-11,13,15,18,21H,6-7,12,14,16-17H2,1-5H3. The van der Waals surface area contributed by atoms with Gasteiger partial charge in [-0.2, -0.15) is 5.06 Å². The van der Waals surface area contributed by atoms with Gasteiger partial charge < -0.3 is 14.4 Å². The molecule has 0 spiro atoms. The minimum absolute atomic E-state index is 0.00941. The smallest absolute Gasteiger partial charge is 0.439 e. The van der Waals surface area contributed by atoms with Crippen molar-refractivity contribution in [3.63, 3.8) is 0 Å². The first-order valence-corrected chi connectivity index (χ1v) is 12.6. The van der Waals surface area contributed by atoms with Crippen LogP contribution in [0.2, 0.25) is 0 Å². The first-order chi connectivity index (χ1) is 17.9. The van der Waals surface area contributed by atoms with Gasteiger partial charge in [0.15, 0.2) is 0 Å². The summed E-state index contributed by atoms with van der Waals surface area (Å²) in [6.45, 7) is 7.23. The summed E-state index contributed by atoms with van der Waals surface area (Å²) in [6, 6.07) is 7.43. The Morgan fingerprint density at radius 1 is 1.22 bits per heavy atom. The summed E-state index contributed by atoms with van der Waals surface area (Å²) >= 11 is 0. The van der Waals surface area contributed by atoms with Gasteiger partial charge in [0, 0.05) is 44.1 Å². The van der Waals surface area contributed by atoms with Crippen LogP contribution in [0.25, 0.3) is 16.8 Å². The van der Waals surface area contributed by atoms with Gasteiger partial charge in [0.25, 0.3) is 0 Å². The Morgan fingerprint density at radius 2 is 1.97 bits per heavy atom. The van der Waals surface area contributed by atoms with E-state index < -0.39 is 6.09 Å². The Hall–Kier alpha value is -3.50. The molecule has 198 valence electrons. The van der Waals surface area contributed by atoms with Gasteiger partial charge in [-0.3, -0.25) is 19.0 Å². The Morgan fingerprint density at radius 3 is 2.65 bits per heavy atom. The Balaban J connectivity index is 1.62. The van der Waals surface area contributed by atoms with Gasteiger partial charge in [-0.05, 0) is 38.8 Å². The molecule has 37 heavy (non-hydrogen) atoms. The number of likely N-dealkylation sites (tertiary alicyclic amines) is 1. The second kappa shape index (κ2) is 11.7. The molecule has 10 heteroatoms. The number of imidazole rings is 1. The van der Waals surface area contributed by atoms with Gasteiger partial charge in [0.2, 0.25) is 5.91 Å². The number of hydrogen-bond donors (Lipinski definition) is 0. The van der Waals surface area contributed by atoms with Crippen molar-refractivity contribution in [2.75, 3.05) is 39.0 Å². The van der Waals surface area contributed by atoms with Crippen LogP contribution in [-0.2, 0) is 19.1 Å². The first kappa shape index (κ1) is 26.6. The van der Waals surface area contributed by atoms with Crippen molar-refractivity contribution >= 4 is 23.2 Å². The maximum Gasteiger partial charge on any atom is 0.439 e. The lowest BCUT2D eigenvalue weighted by Gasteiger charge is -2.21. The molecular formula is C27H35N5O5. The predicted octanol–water partition coefficient (Wildman–Crippen LogP) is 4.36.